The van der Waals surface area contributed by atoms with E-state index in [9.17, 15) is 4.79 Å². The molecule has 0 N–H and O–H groups in total. The fourth-order valence-electron chi connectivity index (χ4n) is 3.52. The number of ketones is 1. The van der Waals surface area contributed by atoms with Crippen LogP contribution in [0.3, 0.4) is 0 Å². The van der Waals surface area contributed by atoms with Crippen LogP contribution in [0.5, 0.6) is 0 Å². The van der Waals surface area contributed by atoms with Crippen LogP contribution in [0.25, 0.3) is 11.4 Å². The highest BCUT2D eigenvalue weighted by molar-refractivity contribution is 5.97. The molecule has 0 saturated heterocycles. The van der Waals surface area contributed by atoms with Crippen molar-refractivity contribution in [3.05, 3.63) is 71.8 Å². The number of likely N-dealkylation sites (N-methyl/N-ethyl adjacent to an activating group) is 1. The molecule has 30 heavy (non-hydrogen) atoms. The van der Waals surface area contributed by atoms with Crippen molar-refractivity contribution in [1.82, 2.24) is 19.4 Å². The molecule has 1 aromatic carbocycles. The van der Waals surface area contributed by atoms with Gasteiger partial charge in [0, 0.05) is 37.6 Å². The Bertz CT molecular complexity index is 1060. The summed E-state index contributed by atoms with van der Waals surface area (Å²) in [6.45, 7) is 2.63. The van der Waals surface area contributed by atoms with Crippen LogP contribution in [-0.2, 0) is 13.1 Å². The SMILES string of the molecule is CN(CCn1cnc(-c2cc(C(=O)CC#N)ccn2)c1)Cc1ccc(C2CC2)cc1. The first kappa shape index (κ1) is 20.0. The van der Waals surface area contributed by atoms with Gasteiger partial charge < -0.3 is 9.47 Å². The Morgan fingerprint density at radius 3 is 2.73 bits per heavy atom. The van der Waals surface area contributed by atoms with Gasteiger partial charge in [0.1, 0.15) is 5.69 Å². The van der Waals surface area contributed by atoms with Crippen molar-refractivity contribution in [2.45, 2.75) is 38.3 Å². The topological polar surface area (TPSA) is 74.8 Å². The molecule has 0 amide bonds. The summed E-state index contributed by atoms with van der Waals surface area (Å²) in [6.07, 6.45) is 7.86. The number of hydrogen-bond acceptors (Lipinski definition) is 5. The average Bonchev–Trinajstić information content (AvgIpc) is 3.50. The third-order valence-corrected chi connectivity index (χ3v) is 5.44. The van der Waals surface area contributed by atoms with E-state index in [1.165, 1.54) is 24.0 Å². The summed E-state index contributed by atoms with van der Waals surface area (Å²) >= 11 is 0. The minimum absolute atomic E-state index is 0.131. The van der Waals surface area contributed by atoms with Gasteiger partial charge in [0.05, 0.1) is 24.5 Å². The molecule has 2 heterocycles. The standard InChI is InChI=1S/C24H25N5O/c1-28(15-18-2-4-19(5-3-18)20-6-7-20)12-13-29-16-23(27-17-29)22-14-21(9-11-26-22)24(30)8-10-25/h2-5,9,11,14,16-17,20H,6-8,12-13,15H2,1H3. The third kappa shape index (κ3) is 5.00. The number of pyridine rings is 1. The molecule has 0 aliphatic heterocycles. The largest absolute Gasteiger partial charge is 0.335 e. The van der Waals surface area contributed by atoms with E-state index in [0.29, 0.717) is 11.3 Å². The lowest BCUT2D eigenvalue weighted by atomic mass is 10.1. The molecular formula is C24H25N5O. The van der Waals surface area contributed by atoms with Gasteiger partial charge in [0.2, 0.25) is 0 Å². The predicted molar refractivity (Wildman–Crippen MR) is 115 cm³/mol. The summed E-state index contributed by atoms with van der Waals surface area (Å²) in [7, 11) is 2.12. The first-order valence-electron chi connectivity index (χ1n) is 10.3. The Hall–Kier alpha value is -3.30. The molecule has 1 saturated carbocycles. The van der Waals surface area contributed by atoms with Crippen LogP contribution in [0.15, 0.2) is 55.1 Å². The summed E-state index contributed by atoms with van der Waals surface area (Å²) in [4.78, 5) is 23.0. The van der Waals surface area contributed by atoms with Crippen molar-refractivity contribution in [3.63, 3.8) is 0 Å². The minimum atomic E-state index is -0.202. The van der Waals surface area contributed by atoms with E-state index in [1.807, 2.05) is 16.8 Å². The number of rotatable bonds is 9. The molecule has 1 aliphatic carbocycles. The molecule has 1 fully saturated rings. The molecule has 3 aromatic rings. The maximum atomic E-state index is 11.9. The van der Waals surface area contributed by atoms with E-state index in [2.05, 4.69) is 46.2 Å². The Morgan fingerprint density at radius 2 is 2.00 bits per heavy atom. The lowest BCUT2D eigenvalue weighted by Crippen LogP contribution is -2.22. The predicted octanol–water partition coefficient (Wildman–Crippen LogP) is 4.05. The summed E-state index contributed by atoms with van der Waals surface area (Å²) < 4.78 is 2.04. The highest BCUT2D eigenvalue weighted by Gasteiger charge is 2.22. The van der Waals surface area contributed by atoms with E-state index < -0.39 is 0 Å². The van der Waals surface area contributed by atoms with Crippen LogP contribution in [0, 0.1) is 11.3 Å². The second kappa shape index (κ2) is 9.02. The monoisotopic (exact) mass is 399 g/mol. The van der Waals surface area contributed by atoms with Gasteiger partial charge in [-0.3, -0.25) is 9.78 Å². The molecule has 6 heteroatoms. The van der Waals surface area contributed by atoms with Crippen molar-refractivity contribution >= 4 is 5.78 Å². The molecule has 4 rings (SSSR count). The number of benzene rings is 1. The van der Waals surface area contributed by atoms with E-state index in [0.717, 1.165) is 31.2 Å². The van der Waals surface area contributed by atoms with Crippen LogP contribution in [0.4, 0.5) is 0 Å². The molecular weight excluding hydrogens is 374 g/mol. The second-order valence-electron chi connectivity index (χ2n) is 7.94. The van der Waals surface area contributed by atoms with Crippen LogP contribution >= 0.6 is 0 Å². The zero-order valence-corrected chi connectivity index (χ0v) is 17.2. The molecule has 1 aliphatic rings. The Labute approximate surface area is 176 Å². The molecule has 2 aromatic heterocycles. The van der Waals surface area contributed by atoms with Gasteiger partial charge in [-0.05, 0) is 49.1 Å². The molecule has 6 nitrogen and oxygen atoms in total. The molecule has 0 atom stereocenters. The molecule has 0 unspecified atom stereocenters. The molecule has 0 bridgehead atoms. The molecule has 0 radical (unpaired) electrons. The zero-order valence-electron chi connectivity index (χ0n) is 17.2. The van der Waals surface area contributed by atoms with E-state index in [1.54, 1.807) is 24.7 Å². The van der Waals surface area contributed by atoms with Crippen molar-refractivity contribution in [2.75, 3.05) is 13.6 Å². The van der Waals surface area contributed by atoms with Gasteiger partial charge in [-0.1, -0.05) is 24.3 Å². The van der Waals surface area contributed by atoms with Crippen molar-refractivity contribution in [2.24, 2.45) is 0 Å². The van der Waals surface area contributed by atoms with Gasteiger partial charge in [-0.15, -0.1) is 0 Å². The van der Waals surface area contributed by atoms with Crippen molar-refractivity contribution < 1.29 is 4.79 Å². The Balaban J connectivity index is 1.32. The van der Waals surface area contributed by atoms with E-state index in [-0.39, 0.29) is 12.2 Å². The first-order valence-corrected chi connectivity index (χ1v) is 10.3. The average molecular weight is 399 g/mol. The number of carbonyl (C=O) groups is 1. The molecule has 152 valence electrons. The van der Waals surface area contributed by atoms with Crippen LogP contribution in [0.2, 0.25) is 0 Å². The van der Waals surface area contributed by atoms with Gasteiger partial charge in [0.25, 0.3) is 0 Å². The normalized spacial score (nSPS) is 13.4. The fourth-order valence-corrected chi connectivity index (χ4v) is 3.52. The van der Waals surface area contributed by atoms with E-state index in [4.69, 9.17) is 5.26 Å². The van der Waals surface area contributed by atoms with Gasteiger partial charge in [0.15, 0.2) is 5.78 Å². The van der Waals surface area contributed by atoms with Gasteiger partial charge in [-0.25, -0.2) is 4.98 Å². The van der Waals surface area contributed by atoms with Crippen molar-refractivity contribution in [1.29, 1.82) is 5.26 Å². The lowest BCUT2D eigenvalue weighted by molar-refractivity contribution is 0.0997. The van der Waals surface area contributed by atoms with Gasteiger partial charge in [-0.2, -0.15) is 5.26 Å². The summed E-state index contributed by atoms with van der Waals surface area (Å²) in [5.74, 6) is 0.597. The minimum Gasteiger partial charge on any atom is -0.335 e. The highest BCUT2D eigenvalue weighted by atomic mass is 16.1. The maximum absolute atomic E-state index is 11.9. The van der Waals surface area contributed by atoms with Crippen molar-refractivity contribution in [3.8, 4) is 17.5 Å². The van der Waals surface area contributed by atoms with E-state index >= 15 is 0 Å². The smallest absolute Gasteiger partial charge is 0.177 e. The Morgan fingerprint density at radius 1 is 1.20 bits per heavy atom. The first-order chi connectivity index (χ1) is 14.6. The molecule has 0 spiro atoms. The maximum Gasteiger partial charge on any atom is 0.177 e. The lowest BCUT2D eigenvalue weighted by Gasteiger charge is -2.17. The third-order valence-electron chi connectivity index (χ3n) is 5.44. The number of aromatic nitrogens is 3. The van der Waals surface area contributed by atoms with Crippen LogP contribution < -0.4 is 0 Å². The quantitative estimate of drug-likeness (QED) is 0.508. The highest BCUT2D eigenvalue weighted by Crippen LogP contribution is 2.39. The number of nitrogens with zero attached hydrogens (tertiary/aromatic N) is 5. The summed E-state index contributed by atoms with van der Waals surface area (Å²) in [6, 6.07) is 14.2. The number of carbonyl (C=O) groups excluding carboxylic acids is 1. The summed E-state index contributed by atoms with van der Waals surface area (Å²) in [5.41, 5.74) is 4.65. The summed E-state index contributed by atoms with van der Waals surface area (Å²) in [5, 5.41) is 8.71. The van der Waals surface area contributed by atoms with Crippen LogP contribution in [-0.4, -0.2) is 38.8 Å². The zero-order chi connectivity index (χ0) is 20.9. The fraction of sp³-hybridized carbons (Fsp3) is 0.333. The number of hydrogen-bond donors (Lipinski definition) is 0. The van der Waals surface area contributed by atoms with Gasteiger partial charge >= 0.3 is 0 Å². The number of nitriles is 1. The second-order valence-corrected chi connectivity index (χ2v) is 7.94. The number of imidazole rings is 1. The van der Waals surface area contributed by atoms with Crippen LogP contribution in [0.1, 0.15) is 46.7 Å². The number of Topliss-reactive ketones (excluding diaryl/α,β-unsaturated/α-hetero) is 1. The Kier molecular flexibility index (Phi) is 6.01.